The van der Waals surface area contributed by atoms with Crippen LogP contribution in [0.1, 0.15) is 31.2 Å². The van der Waals surface area contributed by atoms with Gasteiger partial charge in [-0.25, -0.2) is 9.98 Å². The monoisotopic (exact) mass is 346 g/mol. The molecular weight excluding hydrogens is 320 g/mol. The fourth-order valence-electron chi connectivity index (χ4n) is 2.22. The summed E-state index contributed by atoms with van der Waals surface area (Å²) in [6.07, 6.45) is 0. The highest BCUT2D eigenvalue weighted by atomic mass is 16.5. The number of oxazole rings is 1. The Kier molecular flexibility index (Phi) is 6.68. The molecule has 0 unspecified atom stereocenters. The standard InChI is InChI=1S/C18H26N4O3/c1-6-19-18(20-11-17-21-12(3)13(4)25-17)22-14-8-9-15(23-5)16(10-14)24-7-2/h8-10H,6-7,11H2,1-5H3,(H2,19,20,22). The molecule has 0 atom stereocenters. The van der Waals surface area contributed by atoms with E-state index in [-0.39, 0.29) is 0 Å². The van der Waals surface area contributed by atoms with Crippen LogP contribution >= 0.6 is 0 Å². The normalized spacial score (nSPS) is 11.3. The van der Waals surface area contributed by atoms with Crippen LogP contribution in [0.25, 0.3) is 0 Å². The van der Waals surface area contributed by atoms with Crippen molar-refractivity contribution in [3.63, 3.8) is 0 Å². The molecule has 2 aromatic rings. The van der Waals surface area contributed by atoms with Gasteiger partial charge in [-0.05, 0) is 39.8 Å². The van der Waals surface area contributed by atoms with E-state index < -0.39 is 0 Å². The van der Waals surface area contributed by atoms with E-state index in [1.807, 2.05) is 45.9 Å². The zero-order chi connectivity index (χ0) is 18.2. The highest BCUT2D eigenvalue weighted by molar-refractivity contribution is 5.93. The molecule has 0 aliphatic rings. The first-order valence-electron chi connectivity index (χ1n) is 8.36. The molecule has 0 aliphatic carbocycles. The lowest BCUT2D eigenvalue weighted by molar-refractivity contribution is 0.311. The second kappa shape index (κ2) is 8.96. The fraction of sp³-hybridized carbons (Fsp3) is 0.444. The Hall–Kier alpha value is -2.70. The van der Waals surface area contributed by atoms with Gasteiger partial charge < -0.3 is 24.5 Å². The van der Waals surface area contributed by atoms with Crippen LogP contribution in [-0.4, -0.2) is 31.2 Å². The van der Waals surface area contributed by atoms with E-state index in [9.17, 15) is 0 Å². The molecule has 2 N–H and O–H groups in total. The van der Waals surface area contributed by atoms with E-state index in [4.69, 9.17) is 13.9 Å². The third-order valence-electron chi connectivity index (χ3n) is 3.52. The average Bonchev–Trinajstić information content (AvgIpc) is 2.92. The first kappa shape index (κ1) is 18.6. The number of nitrogens with zero attached hydrogens (tertiary/aromatic N) is 2. The van der Waals surface area contributed by atoms with Gasteiger partial charge >= 0.3 is 0 Å². The van der Waals surface area contributed by atoms with Crippen molar-refractivity contribution in [1.29, 1.82) is 0 Å². The maximum Gasteiger partial charge on any atom is 0.216 e. The average molecular weight is 346 g/mol. The Labute approximate surface area is 148 Å². The first-order chi connectivity index (χ1) is 12.1. The summed E-state index contributed by atoms with van der Waals surface area (Å²) in [6, 6.07) is 5.65. The number of aryl methyl sites for hydroxylation is 2. The van der Waals surface area contributed by atoms with Gasteiger partial charge in [0.1, 0.15) is 12.3 Å². The molecule has 0 fully saturated rings. The molecule has 0 aliphatic heterocycles. The molecule has 0 bridgehead atoms. The molecule has 7 heteroatoms. The summed E-state index contributed by atoms with van der Waals surface area (Å²) in [7, 11) is 1.62. The van der Waals surface area contributed by atoms with Crippen molar-refractivity contribution in [1.82, 2.24) is 10.3 Å². The molecule has 0 radical (unpaired) electrons. The van der Waals surface area contributed by atoms with Gasteiger partial charge in [-0.15, -0.1) is 0 Å². The largest absolute Gasteiger partial charge is 0.493 e. The van der Waals surface area contributed by atoms with Crippen LogP contribution in [0.3, 0.4) is 0 Å². The zero-order valence-corrected chi connectivity index (χ0v) is 15.5. The molecule has 0 spiro atoms. The number of ether oxygens (including phenoxy) is 2. The summed E-state index contributed by atoms with van der Waals surface area (Å²) >= 11 is 0. The van der Waals surface area contributed by atoms with E-state index in [2.05, 4.69) is 20.6 Å². The van der Waals surface area contributed by atoms with Crippen molar-refractivity contribution < 1.29 is 13.9 Å². The van der Waals surface area contributed by atoms with Crippen LogP contribution in [0.2, 0.25) is 0 Å². The van der Waals surface area contributed by atoms with Gasteiger partial charge in [-0.2, -0.15) is 0 Å². The predicted octanol–water partition coefficient (Wildman–Crippen LogP) is 3.28. The van der Waals surface area contributed by atoms with Gasteiger partial charge in [0.15, 0.2) is 17.5 Å². The Morgan fingerprint density at radius 1 is 1.24 bits per heavy atom. The maximum atomic E-state index is 5.61. The molecule has 7 nitrogen and oxygen atoms in total. The Bertz CT molecular complexity index is 706. The number of rotatable bonds is 7. The molecule has 0 amide bonds. The minimum absolute atomic E-state index is 0.360. The Morgan fingerprint density at radius 2 is 2.04 bits per heavy atom. The molecule has 2 rings (SSSR count). The smallest absolute Gasteiger partial charge is 0.216 e. The maximum absolute atomic E-state index is 5.61. The van der Waals surface area contributed by atoms with Crippen LogP contribution in [0.5, 0.6) is 11.5 Å². The van der Waals surface area contributed by atoms with Crippen LogP contribution in [0, 0.1) is 13.8 Å². The van der Waals surface area contributed by atoms with E-state index >= 15 is 0 Å². The van der Waals surface area contributed by atoms with Gasteiger partial charge in [-0.1, -0.05) is 0 Å². The Morgan fingerprint density at radius 3 is 2.64 bits per heavy atom. The lowest BCUT2D eigenvalue weighted by Crippen LogP contribution is -2.30. The molecule has 136 valence electrons. The van der Waals surface area contributed by atoms with Crippen LogP contribution < -0.4 is 20.1 Å². The molecule has 1 aromatic carbocycles. The van der Waals surface area contributed by atoms with Crippen molar-refractivity contribution in [3.05, 3.63) is 35.5 Å². The number of hydrogen-bond donors (Lipinski definition) is 2. The highest BCUT2D eigenvalue weighted by Crippen LogP contribution is 2.30. The van der Waals surface area contributed by atoms with E-state index in [0.717, 1.165) is 23.7 Å². The number of guanidine groups is 1. The molecule has 25 heavy (non-hydrogen) atoms. The third-order valence-corrected chi connectivity index (χ3v) is 3.52. The summed E-state index contributed by atoms with van der Waals surface area (Å²) in [4.78, 5) is 8.86. The lowest BCUT2D eigenvalue weighted by Gasteiger charge is -2.14. The van der Waals surface area contributed by atoms with Crippen molar-refractivity contribution >= 4 is 11.6 Å². The van der Waals surface area contributed by atoms with Crippen molar-refractivity contribution in [3.8, 4) is 11.5 Å². The third kappa shape index (κ3) is 5.14. The quantitative estimate of drug-likeness (QED) is 0.591. The molecule has 0 saturated heterocycles. The Balaban J connectivity index is 2.14. The number of aliphatic imine (C=N–C) groups is 1. The van der Waals surface area contributed by atoms with Gasteiger partial charge in [0.2, 0.25) is 5.89 Å². The van der Waals surface area contributed by atoms with Gasteiger partial charge in [0, 0.05) is 18.3 Å². The van der Waals surface area contributed by atoms with Crippen molar-refractivity contribution in [2.24, 2.45) is 4.99 Å². The van der Waals surface area contributed by atoms with Crippen molar-refractivity contribution in [2.45, 2.75) is 34.2 Å². The fourth-order valence-corrected chi connectivity index (χ4v) is 2.22. The second-order valence-electron chi connectivity index (χ2n) is 5.37. The number of methoxy groups -OCH3 is 1. The molecule has 1 aromatic heterocycles. The van der Waals surface area contributed by atoms with Crippen LogP contribution in [0.4, 0.5) is 5.69 Å². The summed E-state index contributed by atoms with van der Waals surface area (Å²) in [5.74, 6) is 3.44. The van der Waals surface area contributed by atoms with Gasteiger partial charge in [0.05, 0.1) is 19.4 Å². The summed E-state index contributed by atoms with van der Waals surface area (Å²) in [5, 5.41) is 6.46. The number of benzene rings is 1. The van der Waals surface area contributed by atoms with E-state index in [1.165, 1.54) is 0 Å². The summed E-state index contributed by atoms with van der Waals surface area (Å²) < 4.78 is 16.5. The minimum atomic E-state index is 0.360. The SMILES string of the molecule is CCNC(=NCc1nc(C)c(C)o1)Nc1ccc(OC)c(OCC)c1. The zero-order valence-electron chi connectivity index (χ0n) is 15.5. The van der Waals surface area contributed by atoms with Gasteiger partial charge in [0.25, 0.3) is 0 Å². The number of aromatic nitrogens is 1. The van der Waals surface area contributed by atoms with Crippen LogP contribution in [-0.2, 0) is 6.54 Å². The predicted molar refractivity (Wildman–Crippen MR) is 98.6 cm³/mol. The van der Waals surface area contributed by atoms with Crippen LogP contribution in [0.15, 0.2) is 27.6 Å². The second-order valence-corrected chi connectivity index (χ2v) is 5.37. The topological polar surface area (TPSA) is 80.9 Å². The summed E-state index contributed by atoms with van der Waals surface area (Å²) in [6.45, 7) is 9.43. The number of anilines is 1. The highest BCUT2D eigenvalue weighted by Gasteiger charge is 2.08. The lowest BCUT2D eigenvalue weighted by atomic mass is 10.2. The molecular formula is C18H26N4O3. The molecule has 1 heterocycles. The van der Waals surface area contributed by atoms with Crippen molar-refractivity contribution in [2.75, 3.05) is 25.6 Å². The minimum Gasteiger partial charge on any atom is -0.493 e. The summed E-state index contributed by atoms with van der Waals surface area (Å²) in [5.41, 5.74) is 1.74. The first-order valence-corrected chi connectivity index (χ1v) is 8.36. The van der Waals surface area contributed by atoms with E-state index in [0.29, 0.717) is 36.5 Å². The number of nitrogens with one attached hydrogen (secondary N) is 2. The van der Waals surface area contributed by atoms with E-state index in [1.54, 1.807) is 7.11 Å². The van der Waals surface area contributed by atoms with Gasteiger partial charge in [-0.3, -0.25) is 0 Å². The molecule has 0 saturated carbocycles. The number of hydrogen-bond acceptors (Lipinski definition) is 5.